The summed E-state index contributed by atoms with van der Waals surface area (Å²) in [6.45, 7) is 5.71. The van der Waals surface area contributed by atoms with Gasteiger partial charge in [-0.05, 0) is 42.5 Å². The maximum absolute atomic E-state index is 11.7. The molecule has 2 heteroatoms. The highest BCUT2D eigenvalue weighted by atomic mass is 16.5. The second kappa shape index (κ2) is 7.07. The van der Waals surface area contributed by atoms with Crippen molar-refractivity contribution in [3.05, 3.63) is 54.6 Å². The lowest BCUT2D eigenvalue weighted by atomic mass is 9.99. The minimum absolute atomic E-state index is 0.0801. The molecule has 2 nitrogen and oxygen atoms in total. The summed E-state index contributed by atoms with van der Waals surface area (Å²) >= 11 is 0. The molecule has 0 aromatic heterocycles. The van der Waals surface area contributed by atoms with E-state index in [-0.39, 0.29) is 17.8 Å². The molecule has 0 saturated carbocycles. The van der Waals surface area contributed by atoms with E-state index >= 15 is 0 Å². The van der Waals surface area contributed by atoms with Crippen molar-refractivity contribution >= 4 is 5.78 Å². The van der Waals surface area contributed by atoms with Gasteiger partial charge in [-0.25, -0.2) is 0 Å². The highest BCUT2D eigenvalue weighted by molar-refractivity contribution is 5.81. The molecule has 0 aliphatic rings. The van der Waals surface area contributed by atoms with Crippen molar-refractivity contribution < 1.29 is 9.53 Å². The lowest BCUT2D eigenvalue weighted by Gasteiger charge is -2.22. The van der Waals surface area contributed by atoms with E-state index in [1.807, 2.05) is 49.4 Å². The molecule has 2 aromatic rings. The zero-order chi connectivity index (χ0) is 15.2. The SMILES string of the molecule is CCC(C)C(Oc1ccc(-c2ccccc2)cc1)C(C)=O. The molecule has 0 radical (unpaired) electrons. The Morgan fingerprint density at radius 3 is 2.10 bits per heavy atom. The van der Waals surface area contributed by atoms with E-state index in [4.69, 9.17) is 4.74 Å². The molecule has 0 heterocycles. The first-order chi connectivity index (χ1) is 10.1. The average molecular weight is 282 g/mol. The summed E-state index contributed by atoms with van der Waals surface area (Å²) in [6, 6.07) is 18.1. The van der Waals surface area contributed by atoms with Crippen LogP contribution in [0.25, 0.3) is 11.1 Å². The third kappa shape index (κ3) is 3.94. The maximum Gasteiger partial charge on any atom is 0.170 e. The summed E-state index contributed by atoms with van der Waals surface area (Å²) < 4.78 is 5.87. The van der Waals surface area contributed by atoms with Gasteiger partial charge in [-0.3, -0.25) is 4.79 Å². The number of carbonyl (C=O) groups is 1. The molecule has 2 aromatic carbocycles. The van der Waals surface area contributed by atoms with Crippen LogP contribution in [0.5, 0.6) is 5.75 Å². The molecular weight excluding hydrogens is 260 g/mol. The van der Waals surface area contributed by atoms with Gasteiger partial charge in [0.25, 0.3) is 0 Å². The Labute approximate surface area is 126 Å². The Bertz CT molecular complexity index is 572. The molecule has 2 unspecified atom stereocenters. The number of Topliss-reactive ketones (excluding diaryl/α,β-unsaturated/α-hetero) is 1. The van der Waals surface area contributed by atoms with Crippen LogP contribution in [0.15, 0.2) is 54.6 Å². The first-order valence-corrected chi connectivity index (χ1v) is 7.44. The Morgan fingerprint density at radius 1 is 1.00 bits per heavy atom. The third-order valence-corrected chi connectivity index (χ3v) is 3.79. The number of rotatable bonds is 6. The van der Waals surface area contributed by atoms with Gasteiger partial charge in [0.2, 0.25) is 0 Å². The minimum Gasteiger partial charge on any atom is -0.482 e. The highest BCUT2D eigenvalue weighted by Gasteiger charge is 2.22. The molecule has 0 bridgehead atoms. The Hall–Kier alpha value is -2.09. The van der Waals surface area contributed by atoms with Crippen LogP contribution in [0.4, 0.5) is 0 Å². The van der Waals surface area contributed by atoms with Crippen molar-refractivity contribution in [2.75, 3.05) is 0 Å². The fourth-order valence-electron chi connectivity index (χ4n) is 2.32. The van der Waals surface area contributed by atoms with Gasteiger partial charge >= 0.3 is 0 Å². The van der Waals surface area contributed by atoms with Crippen molar-refractivity contribution in [1.29, 1.82) is 0 Å². The standard InChI is InChI=1S/C19H22O2/c1-4-14(2)19(15(3)20)21-18-12-10-17(11-13-18)16-8-6-5-7-9-16/h5-14,19H,4H2,1-3H3. The summed E-state index contributed by atoms with van der Waals surface area (Å²) in [4.78, 5) is 11.7. The van der Waals surface area contributed by atoms with E-state index in [1.54, 1.807) is 6.92 Å². The van der Waals surface area contributed by atoms with Crippen LogP contribution in [0.1, 0.15) is 27.2 Å². The molecule has 21 heavy (non-hydrogen) atoms. The van der Waals surface area contributed by atoms with Crippen LogP contribution in [0.2, 0.25) is 0 Å². The van der Waals surface area contributed by atoms with E-state index < -0.39 is 0 Å². The summed E-state index contributed by atoms with van der Waals surface area (Å²) in [6.07, 6.45) is 0.560. The number of carbonyl (C=O) groups excluding carboxylic acids is 1. The Balaban J connectivity index is 2.13. The van der Waals surface area contributed by atoms with Gasteiger partial charge in [-0.15, -0.1) is 0 Å². The molecule has 110 valence electrons. The Morgan fingerprint density at radius 2 is 1.57 bits per heavy atom. The number of ether oxygens (including phenoxy) is 1. The van der Waals surface area contributed by atoms with E-state index in [0.717, 1.165) is 17.7 Å². The Kier molecular flexibility index (Phi) is 5.15. The van der Waals surface area contributed by atoms with Crippen LogP contribution < -0.4 is 4.74 Å². The molecule has 2 rings (SSSR count). The van der Waals surface area contributed by atoms with Crippen molar-refractivity contribution in [1.82, 2.24) is 0 Å². The summed E-state index contributed by atoms with van der Waals surface area (Å²) in [5.74, 6) is 1.04. The normalized spacial score (nSPS) is 13.5. The molecule has 0 spiro atoms. The van der Waals surface area contributed by atoms with Crippen molar-refractivity contribution in [2.45, 2.75) is 33.3 Å². The van der Waals surface area contributed by atoms with E-state index in [1.165, 1.54) is 5.56 Å². The summed E-state index contributed by atoms with van der Waals surface area (Å²) in [7, 11) is 0. The summed E-state index contributed by atoms with van der Waals surface area (Å²) in [5, 5.41) is 0. The van der Waals surface area contributed by atoms with Gasteiger partial charge in [0.15, 0.2) is 11.9 Å². The fraction of sp³-hybridized carbons (Fsp3) is 0.316. The van der Waals surface area contributed by atoms with Gasteiger partial charge < -0.3 is 4.74 Å². The molecule has 0 N–H and O–H groups in total. The van der Waals surface area contributed by atoms with E-state index in [9.17, 15) is 4.79 Å². The third-order valence-electron chi connectivity index (χ3n) is 3.79. The number of hydrogen-bond acceptors (Lipinski definition) is 2. The molecule has 2 atom stereocenters. The van der Waals surface area contributed by atoms with Gasteiger partial charge in [-0.2, -0.15) is 0 Å². The summed E-state index contributed by atoms with van der Waals surface area (Å²) in [5.41, 5.74) is 2.32. The number of hydrogen-bond donors (Lipinski definition) is 0. The quantitative estimate of drug-likeness (QED) is 0.765. The average Bonchev–Trinajstić information content (AvgIpc) is 2.53. The molecule has 0 amide bonds. The first-order valence-electron chi connectivity index (χ1n) is 7.44. The second-order valence-corrected chi connectivity index (χ2v) is 5.43. The van der Waals surface area contributed by atoms with Gasteiger partial charge in [0.05, 0.1) is 0 Å². The topological polar surface area (TPSA) is 26.3 Å². The van der Waals surface area contributed by atoms with Gasteiger partial charge in [0.1, 0.15) is 5.75 Å². The smallest absolute Gasteiger partial charge is 0.170 e. The minimum atomic E-state index is -0.363. The molecule has 0 aliphatic carbocycles. The monoisotopic (exact) mass is 282 g/mol. The van der Waals surface area contributed by atoms with Crippen LogP contribution in [-0.4, -0.2) is 11.9 Å². The second-order valence-electron chi connectivity index (χ2n) is 5.43. The van der Waals surface area contributed by atoms with Crippen LogP contribution in [-0.2, 0) is 4.79 Å². The molecule has 0 fully saturated rings. The van der Waals surface area contributed by atoms with Gasteiger partial charge in [-0.1, -0.05) is 56.3 Å². The molecule has 0 saturated heterocycles. The zero-order valence-electron chi connectivity index (χ0n) is 12.9. The zero-order valence-corrected chi connectivity index (χ0v) is 12.9. The van der Waals surface area contributed by atoms with E-state index in [0.29, 0.717) is 0 Å². The van der Waals surface area contributed by atoms with Crippen LogP contribution in [0, 0.1) is 5.92 Å². The van der Waals surface area contributed by atoms with E-state index in [2.05, 4.69) is 19.1 Å². The maximum atomic E-state index is 11.7. The fourth-order valence-corrected chi connectivity index (χ4v) is 2.32. The van der Waals surface area contributed by atoms with Crippen LogP contribution >= 0.6 is 0 Å². The van der Waals surface area contributed by atoms with Crippen molar-refractivity contribution in [3.63, 3.8) is 0 Å². The van der Waals surface area contributed by atoms with Crippen molar-refractivity contribution in [3.8, 4) is 16.9 Å². The largest absolute Gasteiger partial charge is 0.482 e. The predicted octanol–water partition coefficient (Wildman–Crippen LogP) is 4.74. The lowest BCUT2D eigenvalue weighted by molar-refractivity contribution is -0.125. The number of benzene rings is 2. The highest BCUT2D eigenvalue weighted by Crippen LogP contribution is 2.24. The molecule has 0 aliphatic heterocycles. The lowest BCUT2D eigenvalue weighted by Crippen LogP contribution is -2.31. The van der Waals surface area contributed by atoms with Crippen LogP contribution in [0.3, 0.4) is 0 Å². The predicted molar refractivity (Wildman–Crippen MR) is 86.4 cm³/mol. The molecular formula is C19H22O2. The van der Waals surface area contributed by atoms with Gasteiger partial charge in [0, 0.05) is 0 Å². The number of ketones is 1. The first kappa shape index (κ1) is 15.3. The van der Waals surface area contributed by atoms with Crippen molar-refractivity contribution in [2.24, 2.45) is 5.92 Å².